The Morgan fingerprint density at radius 3 is 2.21 bits per heavy atom. The second-order valence-electron chi connectivity index (χ2n) is 10.0. The zero-order valence-corrected chi connectivity index (χ0v) is 27.1. The van der Waals surface area contributed by atoms with Gasteiger partial charge in [0.1, 0.15) is 18.2 Å². The summed E-state index contributed by atoms with van der Waals surface area (Å²) in [6.07, 6.45) is 4.44. The van der Waals surface area contributed by atoms with Crippen molar-refractivity contribution in [2.24, 2.45) is 5.41 Å². The third kappa shape index (κ3) is 11.9. The minimum atomic E-state index is -1.01. The molecule has 0 radical (unpaired) electrons. The molecule has 4 rings (SSSR count). The van der Waals surface area contributed by atoms with Crippen LogP contribution in [0.1, 0.15) is 76.7 Å². The maximum atomic E-state index is 14.0. The van der Waals surface area contributed by atoms with E-state index in [0.717, 1.165) is 49.5 Å². The number of likely N-dealkylation sites (tertiary alicyclic amines) is 1. The van der Waals surface area contributed by atoms with Gasteiger partial charge in [-0.1, -0.05) is 58.9 Å². The smallest absolute Gasteiger partial charge is 0.335 e. The van der Waals surface area contributed by atoms with Gasteiger partial charge >= 0.3 is 5.97 Å². The van der Waals surface area contributed by atoms with E-state index in [2.05, 4.69) is 11.5 Å². The molecule has 1 amide bonds. The van der Waals surface area contributed by atoms with Crippen LogP contribution in [0.25, 0.3) is 5.57 Å². The Kier molecular flexibility index (Phi) is 17.0. The highest BCUT2D eigenvalue weighted by atomic mass is 35.5. The molecule has 0 bridgehead atoms. The first-order valence-corrected chi connectivity index (χ1v) is 15.3. The maximum absolute atomic E-state index is 14.0. The molecule has 0 saturated carbocycles. The van der Waals surface area contributed by atoms with Gasteiger partial charge < -0.3 is 14.7 Å². The zero-order valence-electron chi connectivity index (χ0n) is 26.4. The lowest BCUT2D eigenvalue weighted by molar-refractivity contribution is -0.122. The summed E-state index contributed by atoms with van der Waals surface area (Å²) in [6.45, 7) is 18.4. The molecule has 1 spiro atoms. The Labute approximate surface area is 261 Å². The van der Waals surface area contributed by atoms with Gasteiger partial charge in [0.2, 0.25) is 0 Å². The van der Waals surface area contributed by atoms with E-state index < -0.39 is 17.6 Å². The Morgan fingerprint density at radius 1 is 1.09 bits per heavy atom. The first-order chi connectivity index (χ1) is 20.5. The van der Waals surface area contributed by atoms with Crippen LogP contribution < -0.4 is 4.90 Å². The number of nitrogens with zero attached hydrogens (tertiary/aromatic N) is 2. The van der Waals surface area contributed by atoms with Crippen molar-refractivity contribution in [1.29, 1.82) is 0 Å². The zero-order chi connectivity index (χ0) is 32.6. The minimum absolute atomic E-state index is 0.00667. The molecule has 6 nitrogen and oxygen atoms in total. The topological polar surface area (TPSA) is 70.1 Å². The predicted octanol–water partition coefficient (Wildman–Crippen LogP) is 8.41. The van der Waals surface area contributed by atoms with Crippen molar-refractivity contribution in [2.45, 2.75) is 60.8 Å². The number of benzene rings is 2. The van der Waals surface area contributed by atoms with E-state index in [1.807, 2.05) is 40.7 Å². The van der Waals surface area contributed by atoms with Crippen molar-refractivity contribution >= 4 is 34.7 Å². The summed E-state index contributed by atoms with van der Waals surface area (Å²) in [5, 5.41) is 9.86. The molecule has 2 saturated heterocycles. The quantitative estimate of drug-likeness (QED) is 0.351. The van der Waals surface area contributed by atoms with Crippen LogP contribution in [0.4, 0.5) is 14.5 Å². The molecular weight excluding hydrogens is 574 g/mol. The molecule has 2 aromatic carbocycles. The van der Waals surface area contributed by atoms with Crippen molar-refractivity contribution in [3.8, 4) is 0 Å². The molecule has 0 aliphatic carbocycles. The maximum Gasteiger partial charge on any atom is 0.335 e. The highest BCUT2D eigenvalue weighted by Crippen LogP contribution is 2.36. The number of rotatable bonds is 6. The van der Waals surface area contributed by atoms with Gasteiger partial charge in [0, 0.05) is 34.8 Å². The van der Waals surface area contributed by atoms with Crippen LogP contribution >= 0.6 is 11.6 Å². The van der Waals surface area contributed by atoms with E-state index in [9.17, 15) is 18.4 Å². The number of carboxylic acid groups (broad SMARTS) is 1. The number of hydrogen-bond acceptors (Lipinski definition) is 4. The van der Waals surface area contributed by atoms with Gasteiger partial charge in [-0.15, -0.1) is 0 Å². The summed E-state index contributed by atoms with van der Waals surface area (Å²) in [7, 11) is 0. The van der Waals surface area contributed by atoms with Gasteiger partial charge in [-0.2, -0.15) is 0 Å². The molecule has 2 heterocycles. The molecule has 0 aromatic heterocycles. The number of hydrogen-bond donors (Lipinski definition) is 1. The van der Waals surface area contributed by atoms with Gasteiger partial charge in [-0.3, -0.25) is 9.69 Å². The molecule has 1 N–H and O–H groups in total. The third-order valence-corrected chi connectivity index (χ3v) is 7.43. The second kappa shape index (κ2) is 19.3. The van der Waals surface area contributed by atoms with Crippen LogP contribution in [0, 0.1) is 17.0 Å². The lowest BCUT2D eigenvalue weighted by Gasteiger charge is -2.42. The summed E-state index contributed by atoms with van der Waals surface area (Å²) < 4.78 is 33.3. The average Bonchev–Trinajstić information content (AvgIpc) is 3.18. The Balaban J connectivity index is 0.000000917. The molecule has 43 heavy (non-hydrogen) atoms. The fourth-order valence-electron chi connectivity index (χ4n) is 4.61. The van der Waals surface area contributed by atoms with Gasteiger partial charge in [-0.05, 0) is 87.3 Å². The number of halogens is 3. The molecule has 2 aliphatic rings. The molecule has 0 unspecified atom stereocenters. The summed E-state index contributed by atoms with van der Waals surface area (Å²) in [4.78, 5) is 27.8. The van der Waals surface area contributed by atoms with Gasteiger partial charge in [0.15, 0.2) is 0 Å². The number of carbonyl (C=O) groups is 2. The van der Waals surface area contributed by atoms with Crippen LogP contribution in [0.15, 0.2) is 60.2 Å². The average molecular weight is 621 g/mol. The van der Waals surface area contributed by atoms with Gasteiger partial charge in [0.05, 0.1) is 12.2 Å². The Bertz CT molecular complexity index is 1210. The van der Waals surface area contributed by atoms with Crippen LogP contribution in [0.5, 0.6) is 0 Å². The largest absolute Gasteiger partial charge is 0.478 e. The highest BCUT2D eigenvalue weighted by Gasteiger charge is 2.40. The first kappa shape index (κ1) is 38.0. The number of piperidine rings is 1. The number of carbonyl (C=O) groups excluding carboxylic acids is 1. The fourth-order valence-corrected chi connectivity index (χ4v) is 4.61. The van der Waals surface area contributed by atoms with Gasteiger partial charge in [-0.25, -0.2) is 13.6 Å². The van der Waals surface area contributed by atoms with Crippen LogP contribution in [-0.4, -0.2) is 61.3 Å². The van der Waals surface area contributed by atoms with E-state index in [4.69, 9.17) is 21.4 Å². The number of carboxylic acids is 1. The van der Waals surface area contributed by atoms with Crippen LogP contribution in [0.3, 0.4) is 0 Å². The minimum Gasteiger partial charge on any atom is -0.478 e. The monoisotopic (exact) mass is 620 g/mol. The number of ether oxygens (including phenoxy) is 1. The van der Waals surface area contributed by atoms with E-state index >= 15 is 0 Å². The summed E-state index contributed by atoms with van der Waals surface area (Å²) in [6, 6.07) is 9.79. The molecule has 0 atom stereocenters. The lowest BCUT2D eigenvalue weighted by atomic mass is 9.78. The van der Waals surface area contributed by atoms with Gasteiger partial charge in [0.25, 0.3) is 5.91 Å². The van der Waals surface area contributed by atoms with Crippen molar-refractivity contribution < 1.29 is 28.2 Å². The molecule has 2 aliphatic heterocycles. The van der Waals surface area contributed by atoms with E-state index in [1.54, 1.807) is 24.0 Å². The van der Waals surface area contributed by atoms with E-state index in [-0.39, 0.29) is 29.1 Å². The molecule has 2 fully saturated rings. The van der Waals surface area contributed by atoms with Crippen molar-refractivity contribution in [2.75, 3.05) is 44.3 Å². The van der Waals surface area contributed by atoms with Crippen molar-refractivity contribution in [1.82, 2.24) is 4.90 Å². The summed E-state index contributed by atoms with van der Waals surface area (Å²) >= 11 is 5.27. The molecule has 2 aromatic rings. The number of anilines is 1. The van der Waals surface area contributed by atoms with E-state index in [0.29, 0.717) is 31.0 Å². The predicted molar refractivity (Wildman–Crippen MR) is 173 cm³/mol. The summed E-state index contributed by atoms with van der Waals surface area (Å²) in [5.74, 6) is -2.05. The molecule has 9 heteroatoms. The number of allylic oxidation sites excluding steroid dienone is 2. The normalized spacial score (nSPS) is 16.4. The SMILES string of the molecule is C/C(=C/CN1CCC2(CC1)COCC(=O)N(c1ccc(C(=O)O)cc1)C2)c1cc(F)ccc1F.C=C(Cl)CC.CC.CC. The van der Waals surface area contributed by atoms with Crippen LogP contribution in [-0.2, 0) is 9.53 Å². The number of aromatic carboxylic acids is 1. The standard InChI is InChI=1S/C26H28F2N2O4.C4H7Cl.2C2H6/c1-18(22-14-20(27)4-7-23(22)28)8-11-29-12-9-26(10-13-29)16-30(24(31)15-34-17-26)21-5-2-19(3-6-21)25(32)33;1-3-4(2)5;2*1-2/h2-8,14H,9-13,15-17H2,1H3,(H,32,33);2-3H2,1H3;2*1-2H3/b18-8-;;;. The van der Waals surface area contributed by atoms with Crippen molar-refractivity contribution in [3.05, 3.63) is 82.9 Å². The first-order valence-electron chi connectivity index (χ1n) is 14.9. The Morgan fingerprint density at radius 2 is 1.67 bits per heavy atom. The Hall–Kier alpha value is -3.07. The van der Waals surface area contributed by atoms with Crippen LogP contribution in [0.2, 0.25) is 0 Å². The van der Waals surface area contributed by atoms with Crippen molar-refractivity contribution in [3.63, 3.8) is 0 Å². The highest BCUT2D eigenvalue weighted by molar-refractivity contribution is 6.29. The third-order valence-electron chi connectivity index (χ3n) is 7.16. The lowest BCUT2D eigenvalue weighted by Crippen LogP contribution is -2.48. The molecular formula is C34H47ClF2N2O4. The van der Waals surface area contributed by atoms with E-state index in [1.165, 1.54) is 18.2 Å². The molecule has 238 valence electrons. The summed E-state index contributed by atoms with van der Waals surface area (Å²) in [5.41, 5.74) is 1.61. The second-order valence-corrected chi connectivity index (χ2v) is 10.5. The number of amides is 1. The fraction of sp³-hybridized carbons (Fsp3) is 0.471.